The molecule has 222 valence electrons. The van der Waals surface area contributed by atoms with Crippen LogP contribution in [-0.4, -0.2) is 56.4 Å². The molecule has 1 atom stereocenters. The monoisotopic (exact) mass is 599 g/mol. The van der Waals surface area contributed by atoms with Crippen molar-refractivity contribution in [2.45, 2.75) is 52.3 Å². The molecular formula is C29H32F3N7O2S. The molecule has 4 heterocycles. The first-order valence-corrected chi connectivity index (χ1v) is 14.6. The number of pyridine rings is 1. The van der Waals surface area contributed by atoms with Crippen molar-refractivity contribution in [3.63, 3.8) is 0 Å². The summed E-state index contributed by atoms with van der Waals surface area (Å²) in [6.45, 7) is 8.10. The molecule has 1 saturated heterocycles. The molecule has 3 aromatic heterocycles. The third-order valence-corrected chi connectivity index (χ3v) is 7.77. The minimum absolute atomic E-state index is 0.103. The smallest absolute Gasteiger partial charge is 0.433 e. The van der Waals surface area contributed by atoms with E-state index >= 15 is 0 Å². The van der Waals surface area contributed by atoms with Crippen LogP contribution in [0.2, 0.25) is 0 Å². The van der Waals surface area contributed by atoms with Gasteiger partial charge in [0.05, 0.1) is 10.4 Å². The Morgan fingerprint density at radius 2 is 2.00 bits per heavy atom. The van der Waals surface area contributed by atoms with Crippen LogP contribution < -0.4 is 15.4 Å². The van der Waals surface area contributed by atoms with E-state index in [0.717, 1.165) is 43.1 Å². The second-order valence-electron chi connectivity index (χ2n) is 10.7. The highest BCUT2D eigenvalue weighted by molar-refractivity contribution is 7.22. The fraction of sp³-hybridized carbons (Fsp3) is 0.414. The number of halogens is 3. The molecule has 1 amide bonds. The van der Waals surface area contributed by atoms with Crippen molar-refractivity contribution in [2.24, 2.45) is 5.92 Å². The first-order chi connectivity index (χ1) is 20.1. The Morgan fingerprint density at radius 1 is 1.17 bits per heavy atom. The molecule has 5 rings (SSSR count). The third-order valence-electron chi connectivity index (χ3n) is 6.84. The van der Waals surface area contributed by atoms with Gasteiger partial charge in [-0.3, -0.25) is 9.69 Å². The molecule has 42 heavy (non-hydrogen) atoms. The Hall–Kier alpha value is -3.84. The first-order valence-electron chi connectivity index (χ1n) is 13.8. The number of fused-ring (bicyclic) bond motifs is 1. The average Bonchev–Trinajstić information content (AvgIpc) is 3.34. The summed E-state index contributed by atoms with van der Waals surface area (Å²) in [6, 6.07) is 9.45. The number of alkyl halides is 3. The maximum Gasteiger partial charge on any atom is 0.433 e. The highest BCUT2D eigenvalue weighted by Gasteiger charge is 2.33. The number of anilines is 2. The maximum atomic E-state index is 13.6. The Labute approximate surface area is 245 Å². The number of hydrogen-bond donors (Lipinski definition) is 2. The molecule has 0 spiro atoms. The van der Waals surface area contributed by atoms with Crippen LogP contribution >= 0.6 is 11.3 Å². The normalized spacial score (nSPS) is 16.1. The van der Waals surface area contributed by atoms with Gasteiger partial charge in [0.25, 0.3) is 0 Å². The van der Waals surface area contributed by atoms with Crippen LogP contribution in [0.1, 0.15) is 45.7 Å². The Morgan fingerprint density at radius 3 is 2.76 bits per heavy atom. The summed E-state index contributed by atoms with van der Waals surface area (Å²) in [6.07, 6.45) is -0.143. The number of piperidine rings is 1. The lowest BCUT2D eigenvalue weighted by molar-refractivity contribution is -0.141. The van der Waals surface area contributed by atoms with E-state index in [9.17, 15) is 18.0 Å². The summed E-state index contributed by atoms with van der Waals surface area (Å²) >= 11 is 1.31. The van der Waals surface area contributed by atoms with E-state index in [4.69, 9.17) is 4.74 Å². The lowest BCUT2D eigenvalue weighted by Gasteiger charge is -2.37. The van der Waals surface area contributed by atoms with Crippen LogP contribution in [0.15, 0.2) is 42.7 Å². The number of carbonyl (C=O) groups excluding carboxylic acids is 1. The quantitative estimate of drug-likeness (QED) is 0.216. The number of carbonyl (C=O) groups is 1. The molecule has 2 N–H and O–H groups in total. The zero-order valence-electron chi connectivity index (χ0n) is 23.5. The van der Waals surface area contributed by atoms with Crippen LogP contribution in [0.3, 0.4) is 0 Å². The number of amides is 1. The van der Waals surface area contributed by atoms with Crippen LogP contribution in [0, 0.1) is 5.92 Å². The molecule has 1 aromatic carbocycles. The summed E-state index contributed by atoms with van der Waals surface area (Å²) in [5, 5.41) is 6.32. The first kappa shape index (κ1) is 29.6. The second kappa shape index (κ2) is 12.6. The molecule has 1 aliphatic heterocycles. The number of benzene rings is 1. The molecule has 1 fully saturated rings. The third kappa shape index (κ3) is 7.13. The number of thiazole rings is 1. The Bertz CT molecular complexity index is 1560. The predicted molar refractivity (Wildman–Crippen MR) is 157 cm³/mol. The number of nitrogens with one attached hydrogen (secondary N) is 2. The van der Waals surface area contributed by atoms with Crippen LogP contribution in [-0.2, 0) is 11.0 Å². The fourth-order valence-corrected chi connectivity index (χ4v) is 5.97. The van der Waals surface area contributed by atoms with Gasteiger partial charge in [0.1, 0.15) is 23.4 Å². The molecule has 4 aromatic rings. The van der Waals surface area contributed by atoms with Crippen molar-refractivity contribution in [1.82, 2.24) is 24.8 Å². The van der Waals surface area contributed by atoms with Gasteiger partial charge in [-0.05, 0) is 49.6 Å². The van der Waals surface area contributed by atoms with E-state index in [1.165, 1.54) is 30.7 Å². The minimum Gasteiger partial charge on any atom is -0.437 e. The number of para-hydroxylation sites is 1. The van der Waals surface area contributed by atoms with Gasteiger partial charge in [0.15, 0.2) is 10.9 Å². The van der Waals surface area contributed by atoms with Gasteiger partial charge in [-0.25, -0.2) is 19.9 Å². The maximum absolute atomic E-state index is 13.6. The van der Waals surface area contributed by atoms with Gasteiger partial charge in [0, 0.05) is 37.7 Å². The highest BCUT2D eigenvalue weighted by Crippen LogP contribution is 2.36. The topological polar surface area (TPSA) is 105 Å². The molecule has 9 nitrogen and oxygen atoms in total. The van der Waals surface area contributed by atoms with Crippen molar-refractivity contribution >= 4 is 38.4 Å². The molecule has 0 radical (unpaired) electrons. The van der Waals surface area contributed by atoms with E-state index in [1.807, 2.05) is 6.07 Å². The van der Waals surface area contributed by atoms with Gasteiger partial charge in [-0.2, -0.15) is 13.2 Å². The predicted octanol–water partition coefficient (Wildman–Crippen LogP) is 6.84. The van der Waals surface area contributed by atoms with E-state index in [2.05, 4.69) is 49.3 Å². The van der Waals surface area contributed by atoms with Crippen molar-refractivity contribution in [1.29, 1.82) is 0 Å². The van der Waals surface area contributed by atoms with E-state index in [1.54, 1.807) is 18.2 Å². The number of aromatic nitrogens is 4. The molecule has 1 aliphatic rings. The Kier molecular flexibility index (Phi) is 8.88. The molecule has 1 unspecified atom stereocenters. The van der Waals surface area contributed by atoms with Crippen molar-refractivity contribution in [2.75, 3.05) is 30.3 Å². The summed E-state index contributed by atoms with van der Waals surface area (Å²) in [4.78, 5) is 30.8. The van der Waals surface area contributed by atoms with Crippen molar-refractivity contribution < 1.29 is 22.7 Å². The molecule has 0 saturated carbocycles. The van der Waals surface area contributed by atoms with Crippen LogP contribution in [0.25, 0.3) is 21.5 Å². The summed E-state index contributed by atoms with van der Waals surface area (Å²) in [5.74, 6) is 0.951. The minimum atomic E-state index is -4.59. The molecule has 13 heteroatoms. The fourth-order valence-electron chi connectivity index (χ4n) is 5.04. The van der Waals surface area contributed by atoms with E-state index in [-0.39, 0.29) is 23.6 Å². The number of rotatable bonds is 9. The van der Waals surface area contributed by atoms with Crippen LogP contribution in [0.5, 0.6) is 11.6 Å². The summed E-state index contributed by atoms with van der Waals surface area (Å²) < 4.78 is 47.8. The standard InChI is InChI=1S/C29H32F3N7O2S/c1-17(2)15-39-12-5-4-7-19(39)14-33-27-20(10-11-24(37-27)29(30,31)32)21-13-25(35-16-34-21)41-22-8-6-9-23-26(22)38-28(42-23)36-18(3)40/h6,8-11,13,16-17,19H,4-5,7,12,14-15H2,1-3H3,(H,33,37)(H,36,38,40). The number of nitrogens with zero attached hydrogens (tertiary/aromatic N) is 5. The van der Waals surface area contributed by atoms with Gasteiger partial charge < -0.3 is 15.4 Å². The zero-order valence-corrected chi connectivity index (χ0v) is 24.3. The van der Waals surface area contributed by atoms with Crippen molar-refractivity contribution in [3.05, 3.63) is 48.4 Å². The summed E-state index contributed by atoms with van der Waals surface area (Å²) in [7, 11) is 0. The van der Waals surface area contributed by atoms with Gasteiger partial charge in [-0.15, -0.1) is 0 Å². The van der Waals surface area contributed by atoms with Crippen molar-refractivity contribution in [3.8, 4) is 22.9 Å². The largest absolute Gasteiger partial charge is 0.437 e. The lowest BCUT2D eigenvalue weighted by Crippen LogP contribution is -2.45. The average molecular weight is 600 g/mol. The Balaban J connectivity index is 1.43. The van der Waals surface area contributed by atoms with Gasteiger partial charge in [0.2, 0.25) is 11.8 Å². The SMILES string of the molecule is CC(=O)Nc1nc2c(Oc3cc(-c4ccc(C(F)(F)F)nc4NCC4CCCCN4CC(C)C)ncn3)cccc2s1. The van der Waals surface area contributed by atoms with Crippen LogP contribution in [0.4, 0.5) is 24.1 Å². The van der Waals surface area contributed by atoms with Gasteiger partial charge in [-0.1, -0.05) is 37.7 Å². The zero-order chi connectivity index (χ0) is 29.9. The molecular weight excluding hydrogens is 567 g/mol. The van der Waals surface area contributed by atoms with E-state index in [0.29, 0.717) is 40.1 Å². The summed E-state index contributed by atoms with van der Waals surface area (Å²) in [5.41, 5.74) is 0.326. The molecule has 0 bridgehead atoms. The number of hydrogen-bond acceptors (Lipinski definition) is 9. The molecule has 0 aliphatic carbocycles. The highest BCUT2D eigenvalue weighted by atomic mass is 32.1. The second-order valence-corrected chi connectivity index (χ2v) is 11.7. The number of likely N-dealkylation sites (tertiary alicyclic amines) is 1. The van der Waals surface area contributed by atoms with E-state index < -0.39 is 11.9 Å². The number of ether oxygens (including phenoxy) is 1. The lowest BCUT2D eigenvalue weighted by atomic mass is 10.0. The van der Waals surface area contributed by atoms with Gasteiger partial charge >= 0.3 is 6.18 Å².